The second kappa shape index (κ2) is 4.74. The van der Waals surface area contributed by atoms with Crippen molar-refractivity contribution in [3.8, 4) is 0 Å². The van der Waals surface area contributed by atoms with Gasteiger partial charge >= 0.3 is 0 Å². The highest BCUT2D eigenvalue weighted by atomic mass is 32.1. The van der Waals surface area contributed by atoms with Crippen molar-refractivity contribution in [2.45, 2.75) is 44.9 Å². The van der Waals surface area contributed by atoms with Gasteiger partial charge in [0.25, 0.3) is 0 Å². The van der Waals surface area contributed by atoms with E-state index in [1.54, 1.807) is 0 Å². The highest BCUT2D eigenvalue weighted by molar-refractivity contribution is 7.12. The molecule has 1 aromatic heterocycles. The van der Waals surface area contributed by atoms with Gasteiger partial charge in [-0.3, -0.25) is 0 Å². The van der Waals surface area contributed by atoms with Crippen molar-refractivity contribution in [2.24, 2.45) is 0 Å². The Balaban J connectivity index is 2.07. The van der Waals surface area contributed by atoms with Gasteiger partial charge < -0.3 is 0 Å². The van der Waals surface area contributed by atoms with Gasteiger partial charge in [0.05, 0.1) is 0 Å². The Labute approximate surface area is 89.9 Å². The Kier molecular flexibility index (Phi) is 3.35. The van der Waals surface area contributed by atoms with E-state index >= 15 is 0 Å². The molecule has 0 unspecified atom stereocenters. The van der Waals surface area contributed by atoms with Crippen LogP contribution < -0.4 is 0 Å². The molecule has 0 atom stereocenters. The third-order valence-electron chi connectivity index (χ3n) is 2.86. The highest BCUT2D eigenvalue weighted by Crippen LogP contribution is 2.35. The van der Waals surface area contributed by atoms with E-state index in [0.29, 0.717) is 0 Å². The van der Waals surface area contributed by atoms with E-state index in [4.69, 9.17) is 0 Å². The molecule has 1 saturated carbocycles. The molecule has 1 aromatic rings. The second-order valence-electron chi connectivity index (χ2n) is 3.94. The molecule has 0 radical (unpaired) electrons. The maximum Gasteiger partial charge on any atom is 0.115 e. The summed E-state index contributed by atoms with van der Waals surface area (Å²) in [6.07, 6.45) is 13.2. The quantitative estimate of drug-likeness (QED) is 0.707. The summed E-state index contributed by atoms with van der Waals surface area (Å²) in [5.41, 5.74) is 0. The van der Waals surface area contributed by atoms with Gasteiger partial charge in [0.1, 0.15) is 5.01 Å². The zero-order chi connectivity index (χ0) is 9.80. The van der Waals surface area contributed by atoms with Crippen molar-refractivity contribution in [1.82, 2.24) is 4.98 Å². The lowest BCUT2D eigenvalue weighted by Gasteiger charge is -2.19. The van der Waals surface area contributed by atoms with Crippen molar-refractivity contribution >= 4 is 17.4 Å². The third kappa shape index (κ3) is 2.24. The predicted molar refractivity (Wildman–Crippen MR) is 62.6 cm³/mol. The summed E-state index contributed by atoms with van der Waals surface area (Å²) in [6.45, 7) is 2.04. The van der Waals surface area contributed by atoms with Crippen molar-refractivity contribution in [2.75, 3.05) is 0 Å². The summed E-state index contributed by atoms with van der Waals surface area (Å²) in [4.78, 5) is 5.91. The van der Waals surface area contributed by atoms with E-state index < -0.39 is 0 Å². The first-order valence-corrected chi connectivity index (χ1v) is 6.30. The number of hydrogen-bond acceptors (Lipinski definition) is 2. The standard InChI is InChI=1S/C12H17NS/c1-2-6-12-13-9-11(14-12)10-7-4-3-5-8-10/h2,6,9-10H,3-5,7-8H2,1H3/b6-2+. The molecule has 0 saturated heterocycles. The van der Waals surface area contributed by atoms with Gasteiger partial charge in [-0.25, -0.2) is 4.98 Å². The summed E-state index contributed by atoms with van der Waals surface area (Å²) in [5, 5.41) is 1.16. The molecule has 0 amide bonds. The zero-order valence-corrected chi connectivity index (χ0v) is 9.52. The van der Waals surface area contributed by atoms with Gasteiger partial charge in [-0.2, -0.15) is 0 Å². The lowest BCUT2D eigenvalue weighted by Crippen LogP contribution is -2.02. The first kappa shape index (κ1) is 9.91. The zero-order valence-electron chi connectivity index (χ0n) is 8.70. The maximum atomic E-state index is 4.41. The Morgan fingerprint density at radius 3 is 2.86 bits per heavy atom. The summed E-state index contributed by atoms with van der Waals surface area (Å²) in [5.74, 6) is 0.806. The van der Waals surface area contributed by atoms with Crippen LogP contribution in [-0.4, -0.2) is 4.98 Å². The minimum Gasteiger partial charge on any atom is -0.245 e. The molecule has 0 aliphatic heterocycles. The minimum absolute atomic E-state index is 0.806. The van der Waals surface area contributed by atoms with Crippen LogP contribution in [0.15, 0.2) is 12.3 Å². The SMILES string of the molecule is C/C=C/c1ncc(C2CCCCC2)s1. The molecule has 1 nitrogen and oxygen atoms in total. The normalized spacial score (nSPS) is 19.2. The van der Waals surface area contributed by atoms with Gasteiger partial charge in [-0.05, 0) is 31.8 Å². The number of nitrogens with zero attached hydrogens (tertiary/aromatic N) is 1. The average Bonchev–Trinajstić information content (AvgIpc) is 2.68. The molecule has 76 valence electrons. The monoisotopic (exact) mass is 207 g/mol. The summed E-state index contributed by atoms with van der Waals surface area (Å²) < 4.78 is 0. The van der Waals surface area contributed by atoms with Crippen molar-refractivity contribution in [3.63, 3.8) is 0 Å². The highest BCUT2D eigenvalue weighted by Gasteiger charge is 2.17. The Morgan fingerprint density at radius 1 is 1.36 bits per heavy atom. The lowest BCUT2D eigenvalue weighted by molar-refractivity contribution is 0.448. The Bertz CT molecular complexity index is 308. The predicted octanol–water partition coefficient (Wildman–Crippen LogP) is 4.22. The molecule has 0 aromatic carbocycles. The summed E-state index contributed by atoms with van der Waals surface area (Å²) in [6, 6.07) is 0. The topological polar surface area (TPSA) is 12.9 Å². The smallest absolute Gasteiger partial charge is 0.115 e. The number of allylic oxidation sites excluding steroid dienone is 1. The van der Waals surface area contributed by atoms with E-state index in [2.05, 4.69) is 23.3 Å². The number of hydrogen-bond donors (Lipinski definition) is 0. The second-order valence-corrected chi connectivity index (χ2v) is 5.03. The average molecular weight is 207 g/mol. The molecule has 14 heavy (non-hydrogen) atoms. The Hall–Kier alpha value is -0.630. The van der Waals surface area contributed by atoms with Crippen LogP contribution in [0.2, 0.25) is 0 Å². The summed E-state index contributed by atoms with van der Waals surface area (Å²) in [7, 11) is 0. The van der Waals surface area contributed by atoms with Crippen molar-refractivity contribution in [1.29, 1.82) is 0 Å². The molecule has 0 spiro atoms. The fraction of sp³-hybridized carbons (Fsp3) is 0.583. The van der Waals surface area contributed by atoms with Crippen LogP contribution in [0.25, 0.3) is 6.08 Å². The minimum atomic E-state index is 0.806. The van der Waals surface area contributed by atoms with E-state index in [1.807, 2.05) is 18.3 Å². The molecule has 2 heteroatoms. The van der Waals surface area contributed by atoms with Gasteiger partial charge in [-0.15, -0.1) is 11.3 Å². The summed E-state index contributed by atoms with van der Waals surface area (Å²) >= 11 is 1.87. The fourth-order valence-corrected chi connectivity index (χ4v) is 3.15. The van der Waals surface area contributed by atoms with Crippen LogP contribution in [-0.2, 0) is 0 Å². The number of aromatic nitrogens is 1. The molecule has 1 aliphatic carbocycles. The van der Waals surface area contributed by atoms with Gasteiger partial charge in [0.15, 0.2) is 0 Å². The first-order valence-electron chi connectivity index (χ1n) is 5.48. The third-order valence-corrected chi connectivity index (χ3v) is 3.98. The molecule has 1 aliphatic rings. The van der Waals surface area contributed by atoms with E-state index in [1.165, 1.54) is 37.0 Å². The molecule has 0 bridgehead atoms. The first-order chi connectivity index (χ1) is 6.90. The Morgan fingerprint density at radius 2 is 2.14 bits per heavy atom. The molecule has 0 N–H and O–H groups in total. The molecule has 1 heterocycles. The largest absolute Gasteiger partial charge is 0.245 e. The van der Waals surface area contributed by atoms with Crippen LogP contribution in [0.1, 0.15) is 54.8 Å². The molecular formula is C12H17NS. The van der Waals surface area contributed by atoms with E-state index in [-0.39, 0.29) is 0 Å². The number of rotatable bonds is 2. The maximum absolute atomic E-state index is 4.41. The van der Waals surface area contributed by atoms with Crippen LogP contribution in [0.5, 0.6) is 0 Å². The molecule has 2 rings (SSSR count). The van der Waals surface area contributed by atoms with Crippen LogP contribution in [0.4, 0.5) is 0 Å². The molecule has 1 fully saturated rings. The van der Waals surface area contributed by atoms with Gasteiger partial charge in [-0.1, -0.05) is 25.3 Å². The van der Waals surface area contributed by atoms with Crippen molar-refractivity contribution < 1.29 is 0 Å². The van der Waals surface area contributed by atoms with Crippen LogP contribution >= 0.6 is 11.3 Å². The van der Waals surface area contributed by atoms with Crippen molar-refractivity contribution in [3.05, 3.63) is 22.2 Å². The van der Waals surface area contributed by atoms with Crippen LogP contribution in [0, 0.1) is 0 Å². The van der Waals surface area contributed by atoms with E-state index in [0.717, 1.165) is 10.9 Å². The van der Waals surface area contributed by atoms with E-state index in [9.17, 15) is 0 Å². The number of thiazole rings is 1. The van der Waals surface area contributed by atoms with Gasteiger partial charge in [0.2, 0.25) is 0 Å². The fourth-order valence-electron chi connectivity index (χ4n) is 2.10. The molecular weight excluding hydrogens is 190 g/mol. The van der Waals surface area contributed by atoms with Crippen LogP contribution in [0.3, 0.4) is 0 Å². The van der Waals surface area contributed by atoms with Gasteiger partial charge in [0, 0.05) is 11.1 Å². The lowest BCUT2D eigenvalue weighted by atomic mass is 9.89.